The molecule has 3 nitrogen and oxygen atoms in total. The fourth-order valence-corrected chi connectivity index (χ4v) is 2.90. The molecule has 1 aliphatic carbocycles. The van der Waals surface area contributed by atoms with Gasteiger partial charge in [-0.15, -0.1) is 0 Å². The summed E-state index contributed by atoms with van der Waals surface area (Å²) in [6.45, 7) is 3.66. The average Bonchev–Trinajstić information content (AvgIpc) is 2.86. The van der Waals surface area contributed by atoms with Gasteiger partial charge in [-0.05, 0) is 25.7 Å². The maximum absolute atomic E-state index is 11.4. The zero-order valence-corrected chi connectivity index (χ0v) is 9.67. The second kappa shape index (κ2) is 4.97. The number of carbonyl (C=O) groups is 1. The highest BCUT2D eigenvalue weighted by molar-refractivity contribution is 5.73. The highest BCUT2D eigenvalue weighted by Gasteiger charge is 2.27. The first-order valence-corrected chi connectivity index (χ1v) is 6.28. The van der Waals surface area contributed by atoms with Crippen molar-refractivity contribution in [1.82, 2.24) is 10.2 Å². The highest BCUT2D eigenvalue weighted by atomic mass is 16.2. The van der Waals surface area contributed by atoms with Crippen LogP contribution in [0.2, 0.25) is 0 Å². The SMILES string of the molecule is CC(=O)N1CCCC1CNC1CCCC1. The van der Waals surface area contributed by atoms with Crippen LogP contribution in [0.4, 0.5) is 0 Å². The van der Waals surface area contributed by atoms with Gasteiger partial charge in [0.25, 0.3) is 0 Å². The van der Waals surface area contributed by atoms with E-state index in [1.165, 1.54) is 38.5 Å². The van der Waals surface area contributed by atoms with Crippen molar-refractivity contribution in [2.24, 2.45) is 0 Å². The summed E-state index contributed by atoms with van der Waals surface area (Å²) in [5.74, 6) is 0.241. The Hall–Kier alpha value is -0.570. The van der Waals surface area contributed by atoms with Crippen LogP contribution in [0.3, 0.4) is 0 Å². The van der Waals surface area contributed by atoms with Crippen LogP contribution >= 0.6 is 0 Å². The Morgan fingerprint density at radius 2 is 2.00 bits per heavy atom. The molecule has 1 atom stereocenters. The van der Waals surface area contributed by atoms with Crippen molar-refractivity contribution in [3.05, 3.63) is 0 Å². The van der Waals surface area contributed by atoms with E-state index >= 15 is 0 Å². The average molecular weight is 210 g/mol. The van der Waals surface area contributed by atoms with Crippen LogP contribution in [0.15, 0.2) is 0 Å². The number of rotatable bonds is 3. The molecule has 1 saturated carbocycles. The van der Waals surface area contributed by atoms with E-state index in [-0.39, 0.29) is 5.91 Å². The molecule has 0 aromatic carbocycles. The second-order valence-corrected chi connectivity index (χ2v) is 4.90. The number of nitrogens with one attached hydrogen (secondary N) is 1. The third-order valence-corrected chi connectivity index (χ3v) is 3.78. The van der Waals surface area contributed by atoms with E-state index in [9.17, 15) is 4.79 Å². The molecule has 2 rings (SSSR count). The van der Waals surface area contributed by atoms with Crippen molar-refractivity contribution >= 4 is 5.91 Å². The van der Waals surface area contributed by atoms with Gasteiger partial charge >= 0.3 is 0 Å². The summed E-state index contributed by atoms with van der Waals surface area (Å²) in [6.07, 6.45) is 7.76. The number of amides is 1. The summed E-state index contributed by atoms with van der Waals surface area (Å²) >= 11 is 0. The van der Waals surface area contributed by atoms with Gasteiger partial charge in [0.2, 0.25) is 5.91 Å². The van der Waals surface area contributed by atoms with Crippen LogP contribution < -0.4 is 5.32 Å². The van der Waals surface area contributed by atoms with Gasteiger partial charge < -0.3 is 10.2 Å². The van der Waals surface area contributed by atoms with Crippen molar-refractivity contribution in [3.63, 3.8) is 0 Å². The number of likely N-dealkylation sites (tertiary alicyclic amines) is 1. The van der Waals surface area contributed by atoms with Crippen molar-refractivity contribution in [1.29, 1.82) is 0 Å². The van der Waals surface area contributed by atoms with Crippen molar-refractivity contribution < 1.29 is 4.79 Å². The fourth-order valence-electron chi connectivity index (χ4n) is 2.90. The summed E-state index contributed by atoms with van der Waals surface area (Å²) in [4.78, 5) is 13.4. The van der Waals surface area contributed by atoms with Crippen LogP contribution in [-0.4, -0.2) is 36.0 Å². The lowest BCUT2D eigenvalue weighted by atomic mass is 10.2. The molecule has 86 valence electrons. The molecule has 2 aliphatic rings. The molecule has 0 spiro atoms. The quantitative estimate of drug-likeness (QED) is 0.766. The lowest BCUT2D eigenvalue weighted by Gasteiger charge is -2.25. The lowest BCUT2D eigenvalue weighted by molar-refractivity contribution is -0.129. The smallest absolute Gasteiger partial charge is 0.219 e. The topological polar surface area (TPSA) is 32.3 Å². The first-order valence-electron chi connectivity index (χ1n) is 6.28. The fraction of sp³-hybridized carbons (Fsp3) is 0.917. The minimum atomic E-state index is 0.241. The predicted molar refractivity (Wildman–Crippen MR) is 60.7 cm³/mol. The highest BCUT2D eigenvalue weighted by Crippen LogP contribution is 2.20. The Morgan fingerprint density at radius 1 is 1.27 bits per heavy atom. The zero-order valence-electron chi connectivity index (χ0n) is 9.67. The maximum Gasteiger partial charge on any atom is 0.219 e. The van der Waals surface area contributed by atoms with Crippen LogP contribution in [0.1, 0.15) is 45.4 Å². The first-order chi connectivity index (χ1) is 7.27. The Labute approximate surface area is 92.2 Å². The van der Waals surface area contributed by atoms with E-state index in [4.69, 9.17) is 0 Å². The molecule has 1 N–H and O–H groups in total. The molecule has 0 radical (unpaired) electrons. The van der Waals surface area contributed by atoms with E-state index in [1.807, 2.05) is 4.90 Å². The van der Waals surface area contributed by atoms with Gasteiger partial charge in [0.1, 0.15) is 0 Å². The summed E-state index contributed by atoms with van der Waals surface area (Å²) in [7, 11) is 0. The monoisotopic (exact) mass is 210 g/mol. The Bertz CT molecular complexity index is 224. The Balaban J connectivity index is 1.75. The number of nitrogens with zero attached hydrogens (tertiary/aromatic N) is 1. The Kier molecular flexibility index (Phi) is 3.62. The molecule has 1 amide bonds. The molecular weight excluding hydrogens is 188 g/mol. The van der Waals surface area contributed by atoms with Gasteiger partial charge in [0.05, 0.1) is 0 Å². The predicted octanol–water partition coefficient (Wildman–Crippen LogP) is 1.53. The number of hydrogen-bond donors (Lipinski definition) is 1. The molecule has 1 aliphatic heterocycles. The van der Waals surface area contributed by atoms with Crippen molar-refractivity contribution in [2.75, 3.05) is 13.1 Å². The molecule has 15 heavy (non-hydrogen) atoms. The normalized spacial score (nSPS) is 27.5. The number of carbonyl (C=O) groups excluding carboxylic acids is 1. The van der Waals surface area contributed by atoms with Crippen LogP contribution in [0, 0.1) is 0 Å². The van der Waals surface area contributed by atoms with Crippen molar-refractivity contribution in [3.8, 4) is 0 Å². The van der Waals surface area contributed by atoms with Gasteiger partial charge in [0.15, 0.2) is 0 Å². The largest absolute Gasteiger partial charge is 0.339 e. The van der Waals surface area contributed by atoms with E-state index in [2.05, 4.69) is 5.32 Å². The number of hydrogen-bond acceptors (Lipinski definition) is 2. The second-order valence-electron chi connectivity index (χ2n) is 4.90. The van der Waals surface area contributed by atoms with Gasteiger partial charge in [-0.3, -0.25) is 4.79 Å². The van der Waals surface area contributed by atoms with E-state index in [1.54, 1.807) is 6.92 Å². The third-order valence-electron chi connectivity index (χ3n) is 3.78. The van der Waals surface area contributed by atoms with Crippen LogP contribution in [0.25, 0.3) is 0 Å². The standard InChI is InChI=1S/C12H22N2O/c1-10(15)14-8-4-7-12(14)9-13-11-5-2-3-6-11/h11-13H,2-9H2,1H3. The van der Waals surface area contributed by atoms with Gasteiger partial charge in [-0.25, -0.2) is 0 Å². The summed E-state index contributed by atoms with van der Waals surface area (Å²) in [5, 5.41) is 3.61. The van der Waals surface area contributed by atoms with Gasteiger partial charge in [0, 0.05) is 32.1 Å². The summed E-state index contributed by atoms with van der Waals surface area (Å²) in [5.41, 5.74) is 0. The van der Waals surface area contributed by atoms with Gasteiger partial charge in [-0.2, -0.15) is 0 Å². The minimum Gasteiger partial charge on any atom is -0.339 e. The van der Waals surface area contributed by atoms with Gasteiger partial charge in [-0.1, -0.05) is 12.8 Å². The van der Waals surface area contributed by atoms with E-state index in [0.717, 1.165) is 19.1 Å². The molecule has 0 aromatic rings. The molecule has 1 unspecified atom stereocenters. The van der Waals surface area contributed by atoms with Crippen molar-refractivity contribution in [2.45, 2.75) is 57.5 Å². The first kappa shape index (κ1) is 10.9. The Morgan fingerprint density at radius 3 is 2.67 bits per heavy atom. The molecule has 1 saturated heterocycles. The molecule has 2 fully saturated rings. The lowest BCUT2D eigenvalue weighted by Crippen LogP contribution is -2.42. The summed E-state index contributed by atoms with van der Waals surface area (Å²) in [6, 6.07) is 1.18. The van der Waals surface area contributed by atoms with Crippen LogP contribution in [-0.2, 0) is 4.79 Å². The molecule has 0 aromatic heterocycles. The zero-order chi connectivity index (χ0) is 10.7. The summed E-state index contributed by atoms with van der Waals surface area (Å²) < 4.78 is 0. The molecular formula is C12H22N2O. The third kappa shape index (κ3) is 2.71. The van der Waals surface area contributed by atoms with E-state index < -0.39 is 0 Å². The molecule has 3 heteroatoms. The molecule has 1 heterocycles. The van der Waals surface area contributed by atoms with Crippen LogP contribution in [0.5, 0.6) is 0 Å². The molecule has 0 bridgehead atoms. The maximum atomic E-state index is 11.4. The van der Waals surface area contributed by atoms with E-state index in [0.29, 0.717) is 6.04 Å². The minimum absolute atomic E-state index is 0.241.